The van der Waals surface area contributed by atoms with E-state index in [1.807, 2.05) is 13.8 Å². The molecule has 3 atom stereocenters. The molecule has 2 rings (SSSR count). The summed E-state index contributed by atoms with van der Waals surface area (Å²) in [6.07, 6.45) is -3.15. The summed E-state index contributed by atoms with van der Waals surface area (Å²) in [5.41, 5.74) is -0.103. The van der Waals surface area contributed by atoms with E-state index in [2.05, 4.69) is 20.3 Å². The highest BCUT2D eigenvalue weighted by molar-refractivity contribution is 7.92. The predicted octanol–water partition coefficient (Wildman–Crippen LogP) is 1.02. The molecule has 10 nitrogen and oxygen atoms in total. The number of rotatable bonds is 12. The van der Waals surface area contributed by atoms with Gasteiger partial charge in [0.1, 0.15) is 23.4 Å². The van der Waals surface area contributed by atoms with E-state index < -0.39 is 58.1 Å². The molecule has 0 radical (unpaired) electrons. The number of aromatic nitrogens is 1. The van der Waals surface area contributed by atoms with Gasteiger partial charge in [0.15, 0.2) is 5.13 Å². The van der Waals surface area contributed by atoms with Gasteiger partial charge in [0.25, 0.3) is 5.91 Å². The molecule has 1 aromatic carbocycles. The maximum Gasteiger partial charge on any atom is 0.271 e. The van der Waals surface area contributed by atoms with Crippen molar-refractivity contribution < 1.29 is 37.0 Å². The Labute approximate surface area is 205 Å². The number of thiazole rings is 1. The highest BCUT2D eigenvalue weighted by atomic mass is 32.2. The third-order valence-corrected chi connectivity index (χ3v) is 6.06. The molecule has 194 valence electrons. The number of hydrogen-bond acceptors (Lipinski definition) is 8. The van der Waals surface area contributed by atoms with Crippen molar-refractivity contribution in [2.45, 2.75) is 44.9 Å². The molecule has 1 aromatic heterocycles. The number of nitrogens with one attached hydrogen (secondary N) is 3. The Hall–Kier alpha value is -2.68. The number of aliphatic hydroxyl groups excluding tert-OH is 2. The largest absolute Gasteiger partial charge is 0.390 e. The Balaban J connectivity index is 2.21. The van der Waals surface area contributed by atoms with Gasteiger partial charge in [-0.2, -0.15) is 0 Å². The molecule has 2 aromatic rings. The number of anilines is 1. The molecule has 0 aliphatic heterocycles. The lowest BCUT2D eigenvalue weighted by molar-refractivity contribution is -0.125. The van der Waals surface area contributed by atoms with Crippen LogP contribution in [0.2, 0.25) is 0 Å². The van der Waals surface area contributed by atoms with Crippen LogP contribution in [0.15, 0.2) is 23.6 Å². The van der Waals surface area contributed by atoms with E-state index in [-0.39, 0.29) is 28.7 Å². The average molecular weight is 535 g/mol. The number of halogens is 2. The number of hydrogen-bond donors (Lipinski definition) is 5. The van der Waals surface area contributed by atoms with E-state index in [0.29, 0.717) is 12.6 Å². The zero-order chi connectivity index (χ0) is 26.3. The molecular formula is C21H28F2N4O6S2. The van der Waals surface area contributed by atoms with Crippen LogP contribution in [-0.4, -0.2) is 66.5 Å². The minimum atomic E-state index is -3.62. The predicted molar refractivity (Wildman–Crippen MR) is 126 cm³/mol. The van der Waals surface area contributed by atoms with E-state index in [4.69, 9.17) is 0 Å². The fourth-order valence-corrected chi connectivity index (χ4v) is 4.58. The SMILES string of the molecule is CC(C)CNC(=O)C[C@@H](O)[C@H](O)[C@H](Cc1cc(F)cc(F)c1)NC(=O)c1csc(NS(C)(=O)=O)n1. The van der Waals surface area contributed by atoms with Crippen LogP contribution in [0.25, 0.3) is 0 Å². The molecule has 0 saturated heterocycles. The second-order valence-electron chi connectivity index (χ2n) is 8.43. The summed E-state index contributed by atoms with van der Waals surface area (Å²) >= 11 is 0.844. The van der Waals surface area contributed by atoms with Crippen LogP contribution < -0.4 is 15.4 Å². The first-order chi connectivity index (χ1) is 16.2. The molecule has 2 amide bonds. The molecule has 35 heavy (non-hydrogen) atoms. The molecule has 0 saturated carbocycles. The highest BCUT2D eigenvalue weighted by Gasteiger charge is 2.30. The summed E-state index contributed by atoms with van der Waals surface area (Å²) in [6, 6.07) is 1.40. The van der Waals surface area contributed by atoms with Crippen molar-refractivity contribution in [3.63, 3.8) is 0 Å². The molecule has 0 unspecified atom stereocenters. The normalized spacial score (nSPS) is 14.3. The van der Waals surface area contributed by atoms with Gasteiger partial charge in [-0.1, -0.05) is 13.8 Å². The van der Waals surface area contributed by atoms with Crippen molar-refractivity contribution >= 4 is 38.3 Å². The van der Waals surface area contributed by atoms with Gasteiger partial charge in [-0.15, -0.1) is 11.3 Å². The Morgan fingerprint density at radius 1 is 1.14 bits per heavy atom. The van der Waals surface area contributed by atoms with Crippen molar-refractivity contribution in [1.82, 2.24) is 15.6 Å². The van der Waals surface area contributed by atoms with Gasteiger partial charge >= 0.3 is 0 Å². The number of nitrogens with zero attached hydrogens (tertiary/aromatic N) is 1. The lowest BCUT2D eigenvalue weighted by Crippen LogP contribution is -2.51. The monoisotopic (exact) mass is 534 g/mol. The van der Waals surface area contributed by atoms with Crippen LogP contribution in [0.5, 0.6) is 0 Å². The molecule has 1 heterocycles. The van der Waals surface area contributed by atoms with Crippen molar-refractivity contribution in [2.24, 2.45) is 5.92 Å². The number of benzene rings is 1. The minimum Gasteiger partial charge on any atom is -0.390 e. The maximum absolute atomic E-state index is 13.7. The van der Waals surface area contributed by atoms with E-state index in [1.165, 1.54) is 5.38 Å². The first-order valence-corrected chi connectivity index (χ1v) is 13.3. The molecule has 0 aliphatic rings. The molecule has 0 aliphatic carbocycles. The average Bonchev–Trinajstić information content (AvgIpc) is 3.17. The van der Waals surface area contributed by atoms with Gasteiger partial charge in [-0.05, 0) is 30.0 Å². The number of aliphatic hydroxyl groups is 2. The minimum absolute atomic E-state index is 0.0659. The molecule has 14 heteroatoms. The van der Waals surface area contributed by atoms with Gasteiger partial charge in [0.05, 0.1) is 24.8 Å². The van der Waals surface area contributed by atoms with Crippen LogP contribution in [-0.2, 0) is 21.2 Å². The van der Waals surface area contributed by atoms with Gasteiger partial charge in [-0.25, -0.2) is 22.2 Å². The first-order valence-electron chi connectivity index (χ1n) is 10.6. The Bertz CT molecular complexity index is 1120. The van der Waals surface area contributed by atoms with Crippen LogP contribution in [0.1, 0.15) is 36.3 Å². The fraction of sp³-hybridized carbons (Fsp3) is 0.476. The lowest BCUT2D eigenvalue weighted by atomic mass is 9.95. The van der Waals surface area contributed by atoms with Crippen molar-refractivity contribution in [3.05, 3.63) is 46.5 Å². The van der Waals surface area contributed by atoms with E-state index in [0.717, 1.165) is 29.7 Å². The summed E-state index contributed by atoms with van der Waals surface area (Å²) in [6.45, 7) is 4.12. The Morgan fingerprint density at radius 3 is 2.34 bits per heavy atom. The summed E-state index contributed by atoms with van der Waals surface area (Å²) < 4.78 is 52.2. The van der Waals surface area contributed by atoms with Crippen LogP contribution >= 0.6 is 11.3 Å². The summed E-state index contributed by atoms with van der Waals surface area (Å²) in [4.78, 5) is 28.6. The number of sulfonamides is 1. The summed E-state index contributed by atoms with van der Waals surface area (Å²) in [7, 11) is -3.62. The molecule has 5 N–H and O–H groups in total. The van der Waals surface area contributed by atoms with E-state index in [1.54, 1.807) is 0 Å². The third-order valence-electron chi connectivity index (χ3n) is 4.61. The number of amides is 2. The highest BCUT2D eigenvalue weighted by Crippen LogP contribution is 2.18. The van der Waals surface area contributed by atoms with Crippen LogP contribution in [0.3, 0.4) is 0 Å². The van der Waals surface area contributed by atoms with Crippen molar-refractivity contribution in [2.75, 3.05) is 17.5 Å². The number of carbonyl (C=O) groups is 2. The maximum atomic E-state index is 13.7. The first kappa shape index (κ1) is 28.6. The third kappa shape index (κ3) is 9.84. The van der Waals surface area contributed by atoms with Gasteiger partial charge in [0.2, 0.25) is 15.9 Å². The lowest BCUT2D eigenvalue weighted by Gasteiger charge is -2.27. The second kappa shape index (κ2) is 12.3. The second-order valence-corrected chi connectivity index (χ2v) is 11.0. The summed E-state index contributed by atoms with van der Waals surface area (Å²) in [5, 5.41) is 27.4. The van der Waals surface area contributed by atoms with Crippen LogP contribution in [0.4, 0.5) is 13.9 Å². The molecule has 0 spiro atoms. The topological polar surface area (TPSA) is 158 Å². The summed E-state index contributed by atoms with van der Waals surface area (Å²) in [5.74, 6) is -2.94. The van der Waals surface area contributed by atoms with E-state index in [9.17, 15) is 37.0 Å². The zero-order valence-electron chi connectivity index (χ0n) is 19.3. The zero-order valence-corrected chi connectivity index (χ0v) is 20.9. The molecular weight excluding hydrogens is 506 g/mol. The number of carbonyl (C=O) groups excluding carboxylic acids is 2. The fourth-order valence-electron chi connectivity index (χ4n) is 3.03. The Morgan fingerprint density at radius 2 is 1.77 bits per heavy atom. The molecule has 0 bridgehead atoms. The van der Waals surface area contributed by atoms with Crippen LogP contribution in [0, 0.1) is 17.6 Å². The quantitative estimate of drug-likeness (QED) is 0.272. The van der Waals surface area contributed by atoms with E-state index >= 15 is 0 Å². The van der Waals surface area contributed by atoms with Crippen molar-refractivity contribution in [1.29, 1.82) is 0 Å². The Kier molecular flexibility index (Phi) is 10.1. The molecule has 0 fully saturated rings. The van der Waals surface area contributed by atoms with Gasteiger partial charge < -0.3 is 20.8 Å². The van der Waals surface area contributed by atoms with Gasteiger partial charge in [-0.3, -0.25) is 14.3 Å². The van der Waals surface area contributed by atoms with Crippen molar-refractivity contribution in [3.8, 4) is 0 Å². The van der Waals surface area contributed by atoms with Gasteiger partial charge in [0, 0.05) is 18.0 Å². The standard InChI is InChI=1S/C21H28F2N4O6S2/c1-11(2)9-24-18(29)8-17(28)19(30)15(6-12-4-13(22)7-14(23)5-12)25-20(31)16-10-34-21(26-16)27-35(3,32)33/h4-5,7,10-11,15,17,19,28,30H,6,8-9H2,1-3H3,(H,24,29)(H,25,31)(H,26,27)/t15-,17+,19+/m0/s1. The smallest absolute Gasteiger partial charge is 0.271 e.